The Morgan fingerprint density at radius 2 is 0.875 bits per heavy atom. The third kappa shape index (κ3) is 1.77. The summed E-state index contributed by atoms with van der Waals surface area (Å²) in [5, 5.41) is 0. The third-order valence-electron chi connectivity index (χ3n) is 5.27. The van der Waals surface area contributed by atoms with E-state index in [1.165, 1.54) is 38.5 Å². The molecule has 3 nitrogen and oxygen atoms in total. The van der Waals surface area contributed by atoms with Gasteiger partial charge in [-0.3, -0.25) is 0 Å². The van der Waals surface area contributed by atoms with Crippen molar-refractivity contribution in [3.63, 3.8) is 0 Å². The van der Waals surface area contributed by atoms with Crippen molar-refractivity contribution in [2.45, 2.75) is 67.5 Å². The zero-order valence-electron chi connectivity index (χ0n) is 9.94. The van der Waals surface area contributed by atoms with Crippen molar-refractivity contribution in [1.82, 2.24) is 0 Å². The maximum atomic E-state index is 6.22. The Kier molecular flexibility index (Phi) is 3.30. The first-order valence-electron chi connectivity index (χ1n) is 6.82. The molecular formula is C12H24N3Zr. The molecule has 3 saturated carbocycles. The molecule has 0 radical (unpaired) electrons. The molecule has 0 heterocycles. The first-order valence-corrected chi connectivity index (χ1v) is 11.1. The fourth-order valence-corrected chi connectivity index (χ4v) is 16.3. The van der Waals surface area contributed by atoms with Gasteiger partial charge in [0.1, 0.15) is 0 Å². The second-order valence-electron chi connectivity index (χ2n) is 6.04. The summed E-state index contributed by atoms with van der Waals surface area (Å²) < 4.78 is 2.78. The molecule has 0 aromatic carbocycles. The summed E-state index contributed by atoms with van der Waals surface area (Å²) in [6.45, 7) is 0. The number of hydrogen-bond donors (Lipinski definition) is 3. The molecular weight excluding hydrogens is 277 g/mol. The molecule has 0 aliphatic heterocycles. The van der Waals surface area contributed by atoms with Gasteiger partial charge < -0.3 is 0 Å². The van der Waals surface area contributed by atoms with Gasteiger partial charge in [-0.2, -0.15) is 0 Å². The molecule has 16 heavy (non-hydrogen) atoms. The quantitative estimate of drug-likeness (QED) is 0.736. The molecule has 3 aliphatic carbocycles. The van der Waals surface area contributed by atoms with E-state index in [1.807, 2.05) is 0 Å². The zero-order chi connectivity index (χ0) is 11.3. The SMILES string of the molecule is NC1CC[CH]1[Zr]([CH]1CCC1N)[CH]1CCC1N. The number of hydrogen-bond acceptors (Lipinski definition) is 3. The second-order valence-corrected chi connectivity index (χ2v) is 14.0. The van der Waals surface area contributed by atoms with Crippen LogP contribution in [-0.2, 0) is 21.8 Å². The molecule has 6 unspecified atom stereocenters. The summed E-state index contributed by atoms with van der Waals surface area (Å²) in [6.07, 6.45) is 8.00. The van der Waals surface area contributed by atoms with Crippen LogP contribution in [0.1, 0.15) is 38.5 Å². The van der Waals surface area contributed by atoms with Gasteiger partial charge in [0, 0.05) is 0 Å². The van der Waals surface area contributed by atoms with Crippen molar-refractivity contribution < 1.29 is 21.8 Å². The average molecular weight is 302 g/mol. The predicted molar refractivity (Wildman–Crippen MR) is 62.9 cm³/mol. The maximum absolute atomic E-state index is 6.22. The fraction of sp³-hybridized carbons (Fsp3) is 1.00. The van der Waals surface area contributed by atoms with Crippen LogP contribution in [0.15, 0.2) is 0 Å². The molecule has 91 valence electrons. The van der Waals surface area contributed by atoms with Gasteiger partial charge in [0.2, 0.25) is 0 Å². The Balaban J connectivity index is 1.72. The Hall–Kier alpha value is 0.763. The average Bonchev–Trinajstić information content (AvgIpc) is 2.22. The van der Waals surface area contributed by atoms with Crippen LogP contribution in [0.4, 0.5) is 0 Å². The molecule has 4 heteroatoms. The third-order valence-corrected chi connectivity index (χ3v) is 16.9. The van der Waals surface area contributed by atoms with E-state index in [4.69, 9.17) is 17.2 Å². The van der Waals surface area contributed by atoms with Gasteiger partial charge >= 0.3 is 106 Å². The van der Waals surface area contributed by atoms with E-state index in [-0.39, 0.29) is 0 Å². The minimum absolute atomic E-state index is 0.523. The van der Waals surface area contributed by atoms with Crippen LogP contribution in [0.3, 0.4) is 0 Å². The molecule has 0 aromatic heterocycles. The van der Waals surface area contributed by atoms with E-state index >= 15 is 0 Å². The molecule has 6 atom stereocenters. The van der Waals surface area contributed by atoms with Crippen molar-refractivity contribution in [3.8, 4) is 0 Å². The van der Waals surface area contributed by atoms with Crippen LogP contribution in [-0.4, -0.2) is 18.1 Å². The summed E-state index contributed by atoms with van der Waals surface area (Å²) in [6, 6.07) is 1.57. The van der Waals surface area contributed by atoms with Crippen LogP contribution in [0.5, 0.6) is 0 Å². The van der Waals surface area contributed by atoms with Crippen LogP contribution in [0.25, 0.3) is 0 Å². The van der Waals surface area contributed by atoms with Crippen LogP contribution >= 0.6 is 0 Å². The van der Waals surface area contributed by atoms with Crippen LogP contribution < -0.4 is 17.2 Å². The van der Waals surface area contributed by atoms with E-state index in [2.05, 4.69) is 0 Å². The molecule has 0 saturated heterocycles. The Labute approximate surface area is 106 Å². The molecule has 0 spiro atoms. The fourth-order valence-electron chi connectivity index (χ4n) is 3.64. The van der Waals surface area contributed by atoms with Crippen molar-refractivity contribution in [2.75, 3.05) is 0 Å². The van der Waals surface area contributed by atoms with Crippen molar-refractivity contribution >= 4 is 0 Å². The van der Waals surface area contributed by atoms with E-state index in [0.717, 1.165) is 10.9 Å². The summed E-state index contributed by atoms with van der Waals surface area (Å²) in [5.74, 6) is 0. The van der Waals surface area contributed by atoms with Gasteiger partial charge in [0.25, 0.3) is 0 Å². The van der Waals surface area contributed by atoms with Crippen molar-refractivity contribution in [2.24, 2.45) is 17.2 Å². The van der Waals surface area contributed by atoms with Gasteiger partial charge in [-0.05, 0) is 0 Å². The molecule has 3 rings (SSSR count). The number of nitrogens with two attached hydrogens (primary N) is 3. The predicted octanol–water partition coefficient (Wildman–Crippen LogP) is 1.33. The van der Waals surface area contributed by atoms with E-state index in [0.29, 0.717) is 18.1 Å². The molecule has 0 amide bonds. The zero-order valence-corrected chi connectivity index (χ0v) is 12.4. The molecule has 6 N–H and O–H groups in total. The van der Waals surface area contributed by atoms with Crippen LogP contribution in [0, 0.1) is 0 Å². The van der Waals surface area contributed by atoms with Crippen LogP contribution in [0.2, 0.25) is 10.9 Å². The topological polar surface area (TPSA) is 78.1 Å². The molecule has 0 bridgehead atoms. The Morgan fingerprint density at radius 1 is 0.562 bits per heavy atom. The van der Waals surface area contributed by atoms with Gasteiger partial charge in [-0.15, -0.1) is 0 Å². The number of rotatable bonds is 3. The molecule has 0 aromatic rings. The first-order chi connectivity index (χ1) is 7.68. The Bertz CT molecular complexity index is 230. The summed E-state index contributed by atoms with van der Waals surface area (Å²) >= 11 is -1.45. The van der Waals surface area contributed by atoms with Gasteiger partial charge in [-0.25, -0.2) is 0 Å². The monoisotopic (exact) mass is 300 g/mol. The molecule has 3 fully saturated rings. The second kappa shape index (κ2) is 4.46. The first kappa shape index (κ1) is 11.8. The van der Waals surface area contributed by atoms with Gasteiger partial charge in [0.15, 0.2) is 0 Å². The van der Waals surface area contributed by atoms with Gasteiger partial charge in [-0.1, -0.05) is 0 Å². The normalized spacial score (nSPS) is 51.2. The Morgan fingerprint density at radius 3 is 1.00 bits per heavy atom. The van der Waals surface area contributed by atoms with Crippen molar-refractivity contribution in [3.05, 3.63) is 0 Å². The minimum atomic E-state index is -1.45. The summed E-state index contributed by atoms with van der Waals surface area (Å²) in [4.78, 5) is 0. The van der Waals surface area contributed by atoms with E-state index < -0.39 is 21.8 Å². The van der Waals surface area contributed by atoms with E-state index in [9.17, 15) is 0 Å². The summed E-state index contributed by atoms with van der Waals surface area (Å²) in [5.41, 5.74) is 18.6. The van der Waals surface area contributed by atoms with Gasteiger partial charge in [0.05, 0.1) is 0 Å². The summed E-state index contributed by atoms with van der Waals surface area (Å²) in [7, 11) is 0. The molecule has 3 aliphatic rings. The van der Waals surface area contributed by atoms with E-state index in [1.54, 1.807) is 0 Å². The standard InChI is InChI=1S/3C4H8N.Zr/c3*5-4-2-1-3-4;/h3*2,4H,1,3,5H2;. The van der Waals surface area contributed by atoms with Crippen molar-refractivity contribution in [1.29, 1.82) is 0 Å².